The number of nitrogens with zero attached hydrogens (tertiary/aromatic N) is 2. The summed E-state index contributed by atoms with van der Waals surface area (Å²) in [7, 11) is 0. The predicted octanol–water partition coefficient (Wildman–Crippen LogP) is 2.10. The number of H-pyrrole nitrogens is 1. The standard InChI is InChI=1S/C14H22N4O/c1-4-14(5-2,10-15)13(19)16-8-6-7-12-9-17-18-11(12)3/h9H,4-8H2,1-3H3,(H,16,19)(H,17,18). The number of hydrogen-bond acceptors (Lipinski definition) is 3. The lowest BCUT2D eigenvalue weighted by atomic mass is 9.83. The highest BCUT2D eigenvalue weighted by atomic mass is 16.2. The molecule has 1 aromatic rings. The van der Waals surface area contributed by atoms with E-state index in [0.717, 1.165) is 18.5 Å². The maximum atomic E-state index is 12.0. The van der Waals surface area contributed by atoms with Gasteiger partial charge in [-0.3, -0.25) is 9.89 Å². The number of carbonyl (C=O) groups excluding carboxylic acids is 1. The summed E-state index contributed by atoms with van der Waals surface area (Å²) in [6.07, 6.45) is 4.63. The second-order valence-electron chi connectivity index (χ2n) is 4.78. The molecule has 1 aromatic heterocycles. The van der Waals surface area contributed by atoms with Gasteiger partial charge >= 0.3 is 0 Å². The number of rotatable bonds is 7. The Bertz CT molecular complexity index is 454. The van der Waals surface area contributed by atoms with Crippen molar-refractivity contribution in [3.05, 3.63) is 17.5 Å². The normalized spacial score (nSPS) is 11.1. The maximum Gasteiger partial charge on any atom is 0.240 e. The van der Waals surface area contributed by atoms with E-state index in [-0.39, 0.29) is 5.91 Å². The van der Waals surface area contributed by atoms with Crippen molar-refractivity contribution in [2.24, 2.45) is 5.41 Å². The van der Waals surface area contributed by atoms with Crippen LogP contribution < -0.4 is 5.32 Å². The average molecular weight is 262 g/mol. The highest BCUT2D eigenvalue weighted by Crippen LogP contribution is 2.25. The maximum absolute atomic E-state index is 12.0. The molecule has 5 nitrogen and oxygen atoms in total. The van der Waals surface area contributed by atoms with Gasteiger partial charge < -0.3 is 5.32 Å². The van der Waals surface area contributed by atoms with Crippen molar-refractivity contribution in [3.8, 4) is 6.07 Å². The van der Waals surface area contributed by atoms with Crippen LogP contribution in [0.15, 0.2) is 6.20 Å². The molecule has 104 valence electrons. The van der Waals surface area contributed by atoms with Crippen molar-refractivity contribution >= 4 is 5.91 Å². The van der Waals surface area contributed by atoms with Crippen LogP contribution in [0.2, 0.25) is 0 Å². The number of hydrogen-bond donors (Lipinski definition) is 2. The van der Waals surface area contributed by atoms with Crippen LogP contribution in [0.1, 0.15) is 44.4 Å². The SMILES string of the molecule is CCC(C#N)(CC)C(=O)NCCCc1cn[nH]c1C. The van der Waals surface area contributed by atoms with Crippen LogP contribution >= 0.6 is 0 Å². The molecule has 1 heterocycles. The van der Waals surface area contributed by atoms with E-state index in [0.29, 0.717) is 19.4 Å². The number of nitriles is 1. The van der Waals surface area contributed by atoms with Gasteiger partial charge in [-0.05, 0) is 38.2 Å². The molecule has 0 aliphatic rings. The molecule has 0 saturated carbocycles. The van der Waals surface area contributed by atoms with Crippen molar-refractivity contribution in [2.75, 3.05) is 6.54 Å². The molecule has 2 N–H and O–H groups in total. The van der Waals surface area contributed by atoms with E-state index < -0.39 is 5.41 Å². The average Bonchev–Trinajstić information content (AvgIpc) is 2.83. The first kappa shape index (κ1) is 15.2. The molecule has 0 unspecified atom stereocenters. The zero-order valence-electron chi connectivity index (χ0n) is 11.9. The van der Waals surface area contributed by atoms with Gasteiger partial charge in [0.15, 0.2) is 0 Å². The minimum absolute atomic E-state index is 0.149. The van der Waals surface area contributed by atoms with E-state index in [1.165, 1.54) is 5.56 Å². The highest BCUT2D eigenvalue weighted by Gasteiger charge is 2.34. The van der Waals surface area contributed by atoms with Crippen LogP contribution in [0.5, 0.6) is 0 Å². The van der Waals surface area contributed by atoms with Gasteiger partial charge in [0.25, 0.3) is 0 Å². The Morgan fingerprint density at radius 2 is 2.21 bits per heavy atom. The van der Waals surface area contributed by atoms with E-state index in [1.54, 1.807) is 0 Å². The zero-order valence-corrected chi connectivity index (χ0v) is 11.9. The van der Waals surface area contributed by atoms with Gasteiger partial charge in [0.2, 0.25) is 5.91 Å². The van der Waals surface area contributed by atoms with Gasteiger partial charge in [0.05, 0.1) is 12.3 Å². The Labute approximate surface area is 114 Å². The molecular formula is C14H22N4O. The van der Waals surface area contributed by atoms with Gasteiger partial charge in [-0.2, -0.15) is 10.4 Å². The highest BCUT2D eigenvalue weighted by molar-refractivity contribution is 5.85. The van der Waals surface area contributed by atoms with E-state index >= 15 is 0 Å². The molecule has 0 aliphatic heterocycles. The van der Waals surface area contributed by atoms with Crippen molar-refractivity contribution in [2.45, 2.75) is 46.5 Å². The fourth-order valence-electron chi connectivity index (χ4n) is 2.06. The number of nitrogens with one attached hydrogen (secondary N) is 2. The molecule has 0 radical (unpaired) electrons. The lowest BCUT2D eigenvalue weighted by molar-refractivity contribution is -0.128. The van der Waals surface area contributed by atoms with E-state index in [1.807, 2.05) is 27.0 Å². The molecule has 0 fully saturated rings. The predicted molar refractivity (Wildman–Crippen MR) is 73.3 cm³/mol. The summed E-state index contributed by atoms with van der Waals surface area (Å²) in [5.74, 6) is -0.149. The molecule has 19 heavy (non-hydrogen) atoms. The molecule has 0 bridgehead atoms. The van der Waals surface area contributed by atoms with E-state index in [9.17, 15) is 4.79 Å². The molecule has 0 atom stereocenters. The lowest BCUT2D eigenvalue weighted by Gasteiger charge is -2.22. The molecule has 1 rings (SSSR count). The van der Waals surface area contributed by atoms with Crippen LogP contribution in [0.3, 0.4) is 0 Å². The number of amides is 1. The Kier molecular flexibility index (Phi) is 5.56. The third-order valence-electron chi connectivity index (χ3n) is 3.70. The fraction of sp³-hybridized carbons (Fsp3) is 0.643. The molecule has 0 saturated heterocycles. The van der Waals surface area contributed by atoms with E-state index in [4.69, 9.17) is 5.26 Å². The topological polar surface area (TPSA) is 81.6 Å². The Morgan fingerprint density at radius 1 is 1.53 bits per heavy atom. The van der Waals surface area contributed by atoms with Gasteiger partial charge in [-0.1, -0.05) is 13.8 Å². The Hall–Kier alpha value is -1.83. The first-order valence-electron chi connectivity index (χ1n) is 6.78. The van der Waals surface area contributed by atoms with Crippen LogP contribution in [0.4, 0.5) is 0 Å². The molecule has 0 aromatic carbocycles. The van der Waals surface area contributed by atoms with Crippen LogP contribution in [0, 0.1) is 23.7 Å². The van der Waals surface area contributed by atoms with E-state index in [2.05, 4.69) is 21.6 Å². The van der Waals surface area contributed by atoms with Crippen LogP contribution in [-0.4, -0.2) is 22.6 Å². The lowest BCUT2D eigenvalue weighted by Crippen LogP contribution is -2.39. The van der Waals surface area contributed by atoms with Gasteiger partial charge in [-0.25, -0.2) is 0 Å². The smallest absolute Gasteiger partial charge is 0.240 e. The van der Waals surface area contributed by atoms with Crippen molar-refractivity contribution < 1.29 is 4.79 Å². The molecule has 0 spiro atoms. The second kappa shape index (κ2) is 6.93. The summed E-state index contributed by atoms with van der Waals surface area (Å²) < 4.78 is 0. The van der Waals surface area contributed by atoms with Gasteiger partial charge in [-0.15, -0.1) is 0 Å². The zero-order chi connectivity index (χ0) is 14.3. The van der Waals surface area contributed by atoms with Crippen molar-refractivity contribution in [1.82, 2.24) is 15.5 Å². The first-order chi connectivity index (χ1) is 9.09. The van der Waals surface area contributed by atoms with Crippen molar-refractivity contribution in [3.63, 3.8) is 0 Å². The molecule has 0 aliphatic carbocycles. The number of aromatic amines is 1. The number of carbonyl (C=O) groups is 1. The molecular weight excluding hydrogens is 240 g/mol. The molecule has 5 heteroatoms. The Morgan fingerprint density at radius 3 is 2.68 bits per heavy atom. The third kappa shape index (κ3) is 3.57. The summed E-state index contributed by atoms with van der Waals surface area (Å²) in [5.41, 5.74) is 1.37. The molecule has 1 amide bonds. The summed E-state index contributed by atoms with van der Waals surface area (Å²) >= 11 is 0. The van der Waals surface area contributed by atoms with Crippen LogP contribution in [-0.2, 0) is 11.2 Å². The van der Waals surface area contributed by atoms with Crippen molar-refractivity contribution in [1.29, 1.82) is 5.26 Å². The fourth-order valence-corrected chi connectivity index (χ4v) is 2.06. The summed E-state index contributed by atoms with van der Waals surface area (Å²) in [6.45, 7) is 6.32. The minimum Gasteiger partial charge on any atom is -0.355 e. The second-order valence-corrected chi connectivity index (χ2v) is 4.78. The summed E-state index contributed by atoms with van der Waals surface area (Å²) in [6, 6.07) is 2.15. The number of aryl methyl sites for hydroxylation is 2. The van der Waals surface area contributed by atoms with Crippen LogP contribution in [0.25, 0.3) is 0 Å². The summed E-state index contributed by atoms with van der Waals surface area (Å²) in [4.78, 5) is 12.0. The number of aromatic nitrogens is 2. The Balaban J connectivity index is 2.39. The van der Waals surface area contributed by atoms with Gasteiger partial charge in [0.1, 0.15) is 5.41 Å². The first-order valence-corrected chi connectivity index (χ1v) is 6.78. The third-order valence-corrected chi connectivity index (χ3v) is 3.70. The minimum atomic E-state index is -0.869. The monoisotopic (exact) mass is 262 g/mol. The quantitative estimate of drug-likeness (QED) is 0.738. The summed E-state index contributed by atoms with van der Waals surface area (Å²) in [5, 5.41) is 18.9. The largest absolute Gasteiger partial charge is 0.355 e. The van der Waals surface area contributed by atoms with Gasteiger partial charge in [0, 0.05) is 12.2 Å².